The van der Waals surface area contributed by atoms with Crippen molar-refractivity contribution >= 4 is 11.8 Å². The number of urea groups is 1. The van der Waals surface area contributed by atoms with E-state index in [1.165, 1.54) is 0 Å². The summed E-state index contributed by atoms with van der Waals surface area (Å²) in [5.41, 5.74) is 0.883. The van der Waals surface area contributed by atoms with Crippen LogP contribution in [0.2, 0.25) is 0 Å². The van der Waals surface area contributed by atoms with E-state index in [4.69, 9.17) is 0 Å². The number of aryl methyl sites for hydroxylation is 1. The van der Waals surface area contributed by atoms with Gasteiger partial charge in [-0.05, 0) is 39.1 Å². The number of nitrogens with zero attached hydrogens (tertiary/aromatic N) is 2. The molecule has 5 heteroatoms. The van der Waals surface area contributed by atoms with Crippen LogP contribution in [-0.2, 0) is 0 Å². The third-order valence-electron chi connectivity index (χ3n) is 2.42. The number of nitrogens with one attached hydrogen (secondary N) is 2. The maximum Gasteiger partial charge on any atom is 0.320 e. The summed E-state index contributed by atoms with van der Waals surface area (Å²) in [6.45, 7) is 5.59. The Kier molecular flexibility index (Phi) is 5.58. The van der Waals surface area contributed by atoms with Crippen LogP contribution in [0.5, 0.6) is 0 Å². The standard InChI is InChI=1S/C13H22N4O/c1-10(9-17(3)4)8-14-13(18)16-12-7-5-6-11(2)15-12/h5-7,10H,8-9H2,1-4H3,(H2,14,15,16,18)/t10-/m0/s1. The van der Waals surface area contributed by atoms with Gasteiger partial charge < -0.3 is 10.2 Å². The van der Waals surface area contributed by atoms with Gasteiger partial charge >= 0.3 is 6.03 Å². The molecule has 1 aromatic rings. The number of rotatable bonds is 5. The monoisotopic (exact) mass is 250 g/mol. The quantitative estimate of drug-likeness (QED) is 0.836. The van der Waals surface area contributed by atoms with Gasteiger partial charge in [-0.3, -0.25) is 5.32 Å². The summed E-state index contributed by atoms with van der Waals surface area (Å²) < 4.78 is 0. The van der Waals surface area contributed by atoms with Crippen LogP contribution in [0.4, 0.5) is 10.6 Å². The molecule has 1 atom stereocenters. The predicted molar refractivity (Wildman–Crippen MR) is 73.7 cm³/mol. The molecule has 0 aliphatic carbocycles. The molecule has 0 aliphatic rings. The zero-order valence-electron chi connectivity index (χ0n) is 11.5. The molecule has 2 N–H and O–H groups in total. The lowest BCUT2D eigenvalue weighted by atomic mass is 10.2. The van der Waals surface area contributed by atoms with Gasteiger partial charge in [0.05, 0.1) is 0 Å². The zero-order valence-corrected chi connectivity index (χ0v) is 11.5. The van der Waals surface area contributed by atoms with E-state index in [-0.39, 0.29) is 6.03 Å². The Bertz CT molecular complexity index is 392. The van der Waals surface area contributed by atoms with E-state index in [9.17, 15) is 4.79 Å². The summed E-state index contributed by atoms with van der Waals surface area (Å²) in [6, 6.07) is 5.32. The van der Waals surface area contributed by atoms with E-state index >= 15 is 0 Å². The lowest BCUT2D eigenvalue weighted by Gasteiger charge is -2.17. The van der Waals surface area contributed by atoms with Gasteiger partial charge in [0.2, 0.25) is 0 Å². The first-order valence-electron chi connectivity index (χ1n) is 6.10. The van der Waals surface area contributed by atoms with Gasteiger partial charge in [0.25, 0.3) is 0 Å². The van der Waals surface area contributed by atoms with Gasteiger partial charge in [0.1, 0.15) is 5.82 Å². The van der Waals surface area contributed by atoms with E-state index in [2.05, 4.69) is 27.4 Å². The molecule has 0 spiro atoms. The minimum absolute atomic E-state index is 0.210. The van der Waals surface area contributed by atoms with Crippen molar-refractivity contribution in [1.29, 1.82) is 0 Å². The molecule has 100 valence electrons. The van der Waals surface area contributed by atoms with Crippen molar-refractivity contribution in [2.24, 2.45) is 5.92 Å². The Morgan fingerprint density at radius 1 is 1.44 bits per heavy atom. The van der Waals surface area contributed by atoms with Crippen molar-refractivity contribution in [2.45, 2.75) is 13.8 Å². The van der Waals surface area contributed by atoms with E-state index in [1.807, 2.05) is 33.2 Å². The molecule has 0 radical (unpaired) electrons. The number of aromatic nitrogens is 1. The Balaban J connectivity index is 2.34. The minimum Gasteiger partial charge on any atom is -0.338 e. The molecule has 5 nitrogen and oxygen atoms in total. The maximum atomic E-state index is 11.6. The molecule has 1 aromatic heterocycles. The van der Waals surface area contributed by atoms with Crippen molar-refractivity contribution in [1.82, 2.24) is 15.2 Å². The van der Waals surface area contributed by atoms with Gasteiger partial charge in [-0.25, -0.2) is 9.78 Å². The van der Waals surface area contributed by atoms with Crippen molar-refractivity contribution in [3.63, 3.8) is 0 Å². The molecule has 1 heterocycles. The van der Waals surface area contributed by atoms with E-state index in [1.54, 1.807) is 6.07 Å². The number of hydrogen-bond acceptors (Lipinski definition) is 3. The summed E-state index contributed by atoms with van der Waals surface area (Å²) in [5, 5.41) is 5.56. The average molecular weight is 250 g/mol. The highest BCUT2D eigenvalue weighted by Crippen LogP contribution is 2.03. The van der Waals surface area contributed by atoms with Crippen LogP contribution in [-0.4, -0.2) is 43.1 Å². The van der Waals surface area contributed by atoms with Crippen LogP contribution >= 0.6 is 0 Å². The number of carbonyl (C=O) groups is 1. The lowest BCUT2D eigenvalue weighted by Crippen LogP contribution is -2.35. The average Bonchev–Trinajstić information content (AvgIpc) is 2.25. The molecule has 0 saturated carbocycles. The zero-order chi connectivity index (χ0) is 13.5. The topological polar surface area (TPSA) is 57.3 Å². The summed E-state index contributed by atoms with van der Waals surface area (Å²) in [5.74, 6) is 0.990. The Hall–Kier alpha value is -1.62. The number of amides is 2. The van der Waals surface area contributed by atoms with Crippen molar-refractivity contribution < 1.29 is 4.79 Å². The fourth-order valence-electron chi connectivity index (χ4n) is 1.73. The molecule has 1 rings (SSSR count). The summed E-state index contributed by atoms with van der Waals surface area (Å²) >= 11 is 0. The number of anilines is 1. The second-order valence-corrected chi connectivity index (χ2v) is 4.87. The van der Waals surface area contributed by atoms with Gasteiger partial charge in [-0.15, -0.1) is 0 Å². The summed E-state index contributed by atoms with van der Waals surface area (Å²) in [4.78, 5) is 18.0. The highest BCUT2D eigenvalue weighted by molar-refractivity contribution is 5.88. The maximum absolute atomic E-state index is 11.6. The van der Waals surface area contributed by atoms with Crippen LogP contribution in [0.15, 0.2) is 18.2 Å². The van der Waals surface area contributed by atoms with Crippen molar-refractivity contribution in [3.05, 3.63) is 23.9 Å². The summed E-state index contributed by atoms with van der Waals surface area (Å²) in [6.07, 6.45) is 0. The van der Waals surface area contributed by atoms with Gasteiger partial charge in [-0.2, -0.15) is 0 Å². The molecule has 0 bridgehead atoms. The van der Waals surface area contributed by atoms with Gasteiger partial charge in [0, 0.05) is 18.8 Å². The Labute approximate surface area is 109 Å². The first-order valence-corrected chi connectivity index (χ1v) is 6.10. The van der Waals surface area contributed by atoms with E-state index in [0.717, 1.165) is 12.2 Å². The van der Waals surface area contributed by atoms with Crippen LogP contribution in [0.25, 0.3) is 0 Å². The SMILES string of the molecule is Cc1cccc(NC(=O)NC[C@H](C)CN(C)C)n1. The molecule has 0 aliphatic heterocycles. The molecule has 0 fully saturated rings. The van der Waals surface area contributed by atoms with Crippen LogP contribution in [0.1, 0.15) is 12.6 Å². The molecule has 0 unspecified atom stereocenters. The van der Waals surface area contributed by atoms with E-state index in [0.29, 0.717) is 18.3 Å². The predicted octanol–water partition coefficient (Wildman–Crippen LogP) is 1.71. The third-order valence-corrected chi connectivity index (χ3v) is 2.42. The fourth-order valence-corrected chi connectivity index (χ4v) is 1.73. The molecular formula is C13H22N4O. The Morgan fingerprint density at radius 3 is 2.78 bits per heavy atom. The van der Waals surface area contributed by atoms with Crippen molar-refractivity contribution in [2.75, 3.05) is 32.5 Å². The lowest BCUT2D eigenvalue weighted by molar-refractivity contribution is 0.248. The van der Waals surface area contributed by atoms with E-state index < -0.39 is 0 Å². The second-order valence-electron chi connectivity index (χ2n) is 4.87. The fraction of sp³-hybridized carbons (Fsp3) is 0.538. The third kappa shape index (κ3) is 5.63. The molecule has 2 amide bonds. The van der Waals surface area contributed by atoms with Gasteiger partial charge in [-0.1, -0.05) is 13.0 Å². The molecule has 18 heavy (non-hydrogen) atoms. The number of hydrogen-bond donors (Lipinski definition) is 2. The highest BCUT2D eigenvalue weighted by atomic mass is 16.2. The van der Waals surface area contributed by atoms with Gasteiger partial charge in [0.15, 0.2) is 0 Å². The van der Waals surface area contributed by atoms with Crippen LogP contribution < -0.4 is 10.6 Å². The first-order chi connectivity index (χ1) is 8.47. The normalized spacial score (nSPS) is 12.3. The largest absolute Gasteiger partial charge is 0.338 e. The molecular weight excluding hydrogens is 228 g/mol. The van der Waals surface area contributed by atoms with Crippen LogP contribution in [0, 0.1) is 12.8 Å². The number of carbonyl (C=O) groups excluding carboxylic acids is 1. The smallest absolute Gasteiger partial charge is 0.320 e. The second kappa shape index (κ2) is 6.96. The molecule has 0 aromatic carbocycles. The van der Waals surface area contributed by atoms with Crippen molar-refractivity contribution in [3.8, 4) is 0 Å². The number of pyridine rings is 1. The summed E-state index contributed by atoms with van der Waals surface area (Å²) in [7, 11) is 4.04. The first kappa shape index (κ1) is 14.4. The van der Waals surface area contributed by atoms with Crippen LogP contribution in [0.3, 0.4) is 0 Å². The molecule has 0 saturated heterocycles. The highest BCUT2D eigenvalue weighted by Gasteiger charge is 2.07. The minimum atomic E-state index is -0.210. The Morgan fingerprint density at radius 2 is 2.17 bits per heavy atom.